The number of hydrogen-bond acceptors (Lipinski definition) is 4. The first-order valence-electron chi connectivity index (χ1n) is 4.79. The van der Waals surface area contributed by atoms with E-state index in [2.05, 4.69) is 0 Å². The zero-order valence-corrected chi connectivity index (χ0v) is 11.4. The zero-order chi connectivity index (χ0) is 12.1. The predicted molar refractivity (Wildman–Crippen MR) is 65.8 cm³/mol. The number of methoxy groups -OCH3 is 1. The van der Waals surface area contributed by atoms with Crippen LogP contribution in [-0.2, 0) is 9.47 Å². The summed E-state index contributed by atoms with van der Waals surface area (Å²) >= 11 is 12.6. The highest BCUT2D eigenvalue weighted by molar-refractivity contribution is 7.11. The molecule has 0 saturated carbocycles. The molecule has 0 aromatic carbocycles. The lowest BCUT2D eigenvalue weighted by atomic mass is 10.4. The Morgan fingerprint density at radius 3 is 2.56 bits per heavy atom. The van der Waals surface area contributed by atoms with Crippen molar-refractivity contribution < 1.29 is 9.47 Å². The van der Waals surface area contributed by atoms with Crippen LogP contribution in [0.2, 0.25) is 9.36 Å². The molecule has 1 unspecified atom stereocenters. The molecular weight excluding hydrogens is 273 g/mol. The summed E-state index contributed by atoms with van der Waals surface area (Å²) in [7, 11) is 1.59. The van der Waals surface area contributed by atoms with Crippen molar-refractivity contribution in [3.05, 3.63) is 19.7 Å². The van der Waals surface area contributed by atoms with E-state index in [-0.39, 0.29) is 16.8 Å². The Labute approximate surface area is 108 Å². The van der Waals surface area contributed by atoms with E-state index in [4.69, 9.17) is 32.7 Å². The van der Waals surface area contributed by atoms with E-state index in [0.717, 1.165) is 11.5 Å². The first kappa shape index (κ1) is 14.0. The second kappa shape index (κ2) is 6.61. The molecule has 92 valence electrons. The van der Waals surface area contributed by atoms with Crippen LogP contribution in [0.25, 0.3) is 0 Å². The lowest BCUT2D eigenvalue weighted by Gasteiger charge is -2.15. The van der Waals surface area contributed by atoms with E-state index >= 15 is 0 Å². The van der Waals surface area contributed by atoms with Crippen molar-refractivity contribution in [2.24, 2.45) is 0 Å². The van der Waals surface area contributed by atoms with Crippen LogP contribution in [-0.4, -0.2) is 24.3 Å². The fraction of sp³-hybridized carbons (Fsp3) is 0.667. The minimum Gasteiger partial charge on any atom is -0.382 e. The number of hydrogen-bond donors (Lipinski definition) is 0. The maximum absolute atomic E-state index is 11.7. The zero-order valence-electron chi connectivity index (χ0n) is 9.03. The molecule has 0 radical (unpaired) electrons. The van der Waals surface area contributed by atoms with Gasteiger partial charge in [-0.3, -0.25) is 4.79 Å². The van der Waals surface area contributed by atoms with Gasteiger partial charge >= 0.3 is 0 Å². The quantitative estimate of drug-likeness (QED) is 0.755. The van der Waals surface area contributed by atoms with E-state index in [0.29, 0.717) is 24.0 Å². The predicted octanol–water partition coefficient (Wildman–Crippen LogP) is 2.79. The van der Waals surface area contributed by atoms with Gasteiger partial charge in [0.1, 0.15) is 15.6 Å². The Bertz CT molecular complexity index is 391. The van der Waals surface area contributed by atoms with Gasteiger partial charge in [-0.1, -0.05) is 30.1 Å². The summed E-state index contributed by atoms with van der Waals surface area (Å²) in [6.07, 6.45) is 0.328. The maximum atomic E-state index is 11.7. The SMILES string of the molecule is CCC(OCCOC)n1sc(Cl)c(Cl)c1=O. The molecule has 0 fully saturated rings. The van der Waals surface area contributed by atoms with E-state index < -0.39 is 0 Å². The maximum Gasteiger partial charge on any atom is 0.283 e. The van der Waals surface area contributed by atoms with Crippen molar-refractivity contribution >= 4 is 34.7 Å². The Morgan fingerprint density at radius 1 is 1.44 bits per heavy atom. The number of ether oxygens (including phenoxy) is 2. The normalized spacial score (nSPS) is 13.0. The molecule has 1 rings (SSSR count). The van der Waals surface area contributed by atoms with E-state index in [1.54, 1.807) is 7.11 Å². The largest absolute Gasteiger partial charge is 0.382 e. The summed E-state index contributed by atoms with van der Waals surface area (Å²) in [5, 5.41) is 0.0560. The van der Waals surface area contributed by atoms with Crippen LogP contribution < -0.4 is 5.56 Å². The molecule has 0 aliphatic carbocycles. The molecule has 0 bridgehead atoms. The van der Waals surface area contributed by atoms with Crippen LogP contribution in [0.15, 0.2) is 4.79 Å². The van der Waals surface area contributed by atoms with Gasteiger partial charge in [0.15, 0.2) is 0 Å². The summed E-state index contributed by atoms with van der Waals surface area (Å²) in [6.45, 7) is 2.83. The first-order valence-corrected chi connectivity index (χ1v) is 6.32. The summed E-state index contributed by atoms with van der Waals surface area (Å²) in [5.41, 5.74) is -0.305. The number of nitrogens with zero attached hydrogens (tertiary/aromatic N) is 1. The molecule has 0 aliphatic rings. The van der Waals surface area contributed by atoms with Crippen molar-refractivity contribution in [3.8, 4) is 0 Å². The third kappa shape index (κ3) is 3.21. The Balaban J connectivity index is 2.79. The standard InChI is InChI=1S/C9H13Cl2NO3S/c1-3-6(15-5-4-14-2)12-9(13)7(10)8(11)16-12/h6H,3-5H2,1-2H3. The van der Waals surface area contributed by atoms with Crippen LogP contribution in [0.3, 0.4) is 0 Å². The summed E-state index contributed by atoms with van der Waals surface area (Å²) in [6, 6.07) is 0. The molecule has 1 aromatic rings. The van der Waals surface area contributed by atoms with Gasteiger partial charge < -0.3 is 9.47 Å². The van der Waals surface area contributed by atoms with E-state index in [1.807, 2.05) is 6.92 Å². The van der Waals surface area contributed by atoms with E-state index in [9.17, 15) is 4.79 Å². The molecule has 1 heterocycles. The first-order chi connectivity index (χ1) is 7.61. The van der Waals surface area contributed by atoms with Gasteiger partial charge in [0, 0.05) is 7.11 Å². The molecule has 16 heavy (non-hydrogen) atoms. The average molecular weight is 286 g/mol. The molecule has 0 saturated heterocycles. The van der Waals surface area contributed by atoms with Gasteiger partial charge in [0.25, 0.3) is 5.56 Å². The summed E-state index contributed by atoms with van der Waals surface area (Å²) in [4.78, 5) is 11.7. The Hall–Kier alpha value is -0.0700. The average Bonchev–Trinajstić information content (AvgIpc) is 2.53. The van der Waals surface area contributed by atoms with Crippen LogP contribution in [0, 0.1) is 0 Å². The topological polar surface area (TPSA) is 40.5 Å². The Morgan fingerprint density at radius 2 is 2.12 bits per heavy atom. The smallest absolute Gasteiger partial charge is 0.283 e. The third-order valence-corrected chi connectivity index (χ3v) is 3.87. The molecular formula is C9H13Cl2NO3S. The second-order valence-corrected chi connectivity index (χ2v) is 5.00. The van der Waals surface area contributed by atoms with Gasteiger partial charge in [-0.15, -0.1) is 0 Å². The molecule has 0 aliphatic heterocycles. The second-order valence-electron chi connectivity index (χ2n) is 3.04. The number of rotatable bonds is 6. The molecule has 7 heteroatoms. The molecule has 0 amide bonds. The molecule has 1 atom stereocenters. The van der Waals surface area contributed by atoms with Crippen LogP contribution in [0.4, 0.5) is 0 Å². The highest BCUT2D eigenvalue weighted by Crippen LogP contribution is 2.27. The van der Waals surface area contributed by atoms with Crippen molar-refractivity contribution in [2.75, 3.05) is 20.3 Å². The van der Waals surface area contributed by atoms with Gasteiger partial charge in [0.05, 0.1) is 13.2 Å². The van der Waals surface area contributed by atoms with Gasteiger partial charge in [0.2, 0.25) is 0 Å². The van der Waals surface area contributed by atoms with Crippen molar-refractivity contribution in [1.29, 1.82) is 0 Å². The van der Waals surface area contributed by atoms with Crippen LogP contribution >= 0.6 is 34.7 Å². The lowest BCUT2D eigenvalue weighted by molar-refractivity contribution is -0.0200. The molecule has 4 nitrogen and oxygen atoms in total. The van der Waals surface area contributed by atoms with Gasteiger partial charge in [-0.05, 0) is 18.0 Å². The summed E-state index contributed by atoms with van der Waals surface area (Å²) < 4.78 is 12.1. The Kier molecular flexibility index (Phi) is 5.78. The fourth-order valence-corrected chi connectivity index (χ4v) is 2.55. The van der Waals surface area contributed by atoms with Crippen molar-refractivity contribution in [1.82, 2.24) is 3.96 Å². The van der Waals surface area contributed by atoms with Gasteiger partial charge in [-0.25, -0.2) is 3.96 Å². The van der Waals surface area contributed by atoms with E-state index in [1.165, 1.54) is 3.96 Å². The van der Waals surface area contributed by atoms with Gasteiger partial charge in [-0.2, -0.15) is 0 Å². The molecule has 0 spiro atoms. The highest BCUT2D eigenvalue weighted by atomic mass is 35.5. The minimum atomic E-state index is -0.336. The minimum absolute atomic E-state index is 0.0560. The lowest BCUT2D eigenvalue weighted by Crippen LogP contribution is -2.22. The number of aromatic nitrogens is 1. The van der Waals surface area contributed by atoms with Crippen molar-refractivity contribution in [2.45, 2.75) is 19.6 Å². The molecule has 1 aromatic heterocycles. The van der Waals surface area contributed by atoms with Crippen molar-refractivity contribution in [3.63, 3.8) is 0 Å². The summed E-state index contributed by atoms with van der Waals surface area (Å²) in [5.74, 6) is 0. The highest BCUT2D eigenvalue weighted by Gasteiger charge is 2.18. The molecule has 0 N–H and O–H groups in total. The number of halogens is 2. The fourth-order valence-electron chi connectivity index (χ4n) is 1.16. The third-order valence-electron chi connectivity index (χ3n) is 1.95. The van der Waals surface area contributed by atoms with Crippen LogP contribution in [0.5, 0.6) is 0 Å². The monoisotopic (exact) mass is 285 g/mol. The van der Waals surface area contributed by atoms with Crippen LogP contribution in [0.1, 0.15) is 19.6 Å².